The van der Waals surface area contributed by atoms with Gasteiger partial charge in [0.2, 0.25) is 11.8 Å². The summed E-state index contributed by atoms with van der Waals surface area (Å²) < 4.78 is 7.04. The maximum absolute atomic E-state index is 12.9. The van der Waals surface area contributed by atoms with Gasteiger partial charge in [-0.1, -0.05) is 0 Å². The number of carbonyl (C=O) groups is 1. The standard InChI is InChI=1S/C16H20N6O2/c1-24-15-8-14(17-11-18-15)21-9-12-4-5-19-22(12)13(10-21)16(23)20-6-2-3-7-20/h4-5,8,11,13H,2-3,6-7,9-10H2,1H3/t13-/m1/s1. The molecule has 0 aliphatic carbocycles. The average molecular weight is 328 g/mol. The summed E-state index contributed by atoms with van der Waals surface area (Å²) in [5, 5.41) is 4.38. The molecule has 0 aromatic carbocycles. The summed E-state index contributed by atoms with van der Waals surface area (Å²) >= 11 is 0. The summed E-state index contributed by atoms with van der Waals surface area (Å²) in [6.07, 6.45) is 5.40. The molecule has 126 valence electrons. The molecule has 1 amide bonds. The second kappa shape index (κ2) is 6.10. The highest BCUT2D eigenvalue weighted by Gasteiger charge is 2.35. The van der Waals surface area contributed by atoms with Gasteiger partial charge in [0, 0.05) is 25.4 Å². The van der Waals surface area contributed by atoms with Crippen molar-refractivity contribution >= 4 is 11.7 Å². The largest absolute Gasteiger partial charge is 0.481 e. The zero-order chi connectivity index (χ0) is 16.5. The van der Waals surface area contributed by atoms with E-state index >= 15 is 0 Å². The molecule has 2 aromatic heterocycles. The van der Waals surface area contributed by atoms with E-state index in [0.29, 0.717) is 19.0 Å². The van der Waals surface area contributed by atoms with Crippen LogP contribution in [0, 0.1) is 0 Å². The van der Waals surface area contributed by atoms with Crippen LogP contribution in [0.2, 0.25) is 0 Å². The first-order valence-electron chi connectivity index (χ1n) is 8.18. The minimum Gasteiger partial charge on any atom is -0.481 e. The molecule has 0 unspecified atom stereocenters. The van der Waals surface area contributed by atoms with Crippen molar-refractivity contribution in [3.63, 3.8) is 0 Å². The third kappa shape index (κ3) is 2.57. The zero-order valence-corrected chi connectivity index (χ0v) is 13.6. The van der Waals surface area contributed by atoms with Crippen molar-refractivity contribution in [1.29, 1.82) is 0 Å². The van der Waals surface area contributed by atoms with Crippen molar-refractivity contribution in [2.24, 2.45) is 0 Å². The summed E-state index contributed by atoms with van der Waals surface area (Å²) in [7, 11) is 1.58. The number of methoxy groups -OCH3 is 1. The topological polar surface area (TPSA) is 76.4 Å². The smallest absolute Gasteiger partial charge is 0.249 e. The molecule has 8 nitrogen and oxygen atoms in total. The lowest BCUT2D eigenvalue weighted by molar-refractivity contribution is -0.134. The van der Waals surface area contributed by atoms with Gasteiger partial charge >= 0.3 is 0 Å². The van der Waals surface area contributed by atoms with Crippen molar-refractivity contribution in [1.82, 2.24) is 24.6 Å². The molecule has 0 saturated carbocycles. The highest BCUT2D eigenvalue weighted by Crippen LogP contribution is 2.27. The number of aromatic nitrogens is 4. The molecule has 4 rings (SSSR count). The van der Waals surface area contributed by atoms with E-state index in [0.717, 1.165) is 37.4 Å². The van der Waals surface area contributed by atoms with E-state index in [4.69, 9.17) is 4.74 Å². The van der Waals surface area contributed by atoms with Crippen LogP contribution >= 0.6 is 0 Å². The number of anilines is 1. The summed E-state index contributed by atoms with van der Waals surface area (Å²) in [6, 6.07) is 3.43. The Bertz CT molecular complexity index is 740. The van der Waals surface area contributed by atoms with E-state index in [1.165, 1.54) is 6.33 Å². The van der Waals surface area contributed by atoms with Crippen molar-refractivity contribution in [3.05, 3.63) is 30.4 Å². The highest BCUT2D eigenvalue weighted by molar-refractivity contribution is 5.81. The van der Waals surface area contributed by atoms with Gasteiger partial charge in [-0.15, -0.1) is 0 Å². The number of hydrogen-bond donors (Lipinski definition) is 0. The lowest BCUT2D eigenvalue weighted by Gasteiger charge is -2.35. The predicted molar refractivity (Wildman–Crippen MR) is 86.7 cm³/mol. The van der Waals surface area contributed by atoms with Gasteiger partial charge in [-0.3, -0.25) is 9.48 Å². The number of hydrogen-bond acceptors (Lipinski definition) is 6. The minimum absolute atomic E-state index is 0.142. The molecule has 0 bridgehead atoms. The number of likely N-dealkylation sites (tertiary alicyclic amines) is 1. The summed E-state index contributed by atoms with van der Waals surface area (Å²) in [5.41, 5.74) is 1.01. The van der Waals surface area contributed by atoms with Gasteiger partial charge in [0.1, 0.15) is 18.2 Å². The summed E-state index contributed by atoms with van der Waals surface area (Å²) in [6.45, 7) is 2.88. The molecule has 8 heteroatoms. The van der Waals surface area contributed by atoms with Crippen LogP contribution in [0.25, 0.3) is 0 Å². The molecule has 2 aliphatic rings. The molecule has 4 heterocycles. The van der Waals surface area contributed by atoms with Gasteiger partial charge in [0.05, 0.1) is 25.9 Å². The Morgan fingerprint density at radius 1 is 1.29 bits per heavy atom. The van der Waals surface area contributed by atoms with Crippen molar-refractivity contribution < 1.29 is 9.53 Å². The Morgan fingerprint density at radius 3 is 2.92 bits per heavy atom. The molecule has 24 heavy (non-hydrogen) atoms. The van der Waals surface area contributed by atoms with E-state index in [-0.39, 0.29) is 11.9 Å². The van der Waals surface area contributed by atoms with Crippen molar-refractivity contribution in [2.45, 2.75) is 25.4 Å². The Morgan fingerprint density at radius 2 is 2.12 bits per heavy atom. The molecular weight excluding hydrogens is 308 g/mol. The van der Waals surface area contributed by atoms with Gasteiger partial charge in [0.15, 0.2) is 0 Å². The van der Waals surface area contributed by atoms with Crippen molar-refractivity contribution in [2.75, 3.05) is 31.6 Å². The third-order valence-corrected chi connectivity index (χ3v) is 4.66. The van der Waals surface area contributed by atoms with E-state index < -0.39 is 0 Å². The number of rotatable bonds is 3. The van der Waals surface area contributed by atoms with Gasteiger partial charge < -0.3 is 14.5 Å². The second-order valence-corrected chi connectivity index (χ2v) is 6.11. The maximum Gasteiger partial charge on any atom is 0.249 e. The molecule has 0 radical (unpaired) electrons. The molecule has 2 aromatic rings. The zero-order valence-electron chi connectivity index (χ0n) is 13.6. The van der Waals surface area contributed by atoms with Crippen LogP contribution in [0.4, 0.5) is 5.82 Å². The molecule has 0 spiro atoms. The van der Waals surface area contributed by atoms with E-state index in [9.17, 15) is 4.79 Å². The predicted octanol–water partition coefficient (Wildman–Crippen LogP) is 0.865. The lowest BCUT2D eigenvalue weighted by atomic mass is 10.1. The van der Waals surface area contributed by atoms with E-state index in [2.05, 4.69) is 20.0 Å². The van der Waals surface area contributed by atoms with Crippen LogP contribution in [0.15, 0.2) is 24.7 Å². The molecule has 1 saturated heterocycles. The number of ether oxygens (including phenoxy) is 1. The lowest BCUT2D eigenvalue weighted by Crippen LogP contribution is -2.46. The van der Waals surface area contributed by atoms with Crippen LogP contribution in [-0.4, -0.2) is 57.3 Å². The van der Waals surface area contributed by atoms with Crippen LogP contribution in [0.3, 0.4) is 0 Å². The average Bonchev–Trinajstić information content (AvgIpc) is 3.31. The van der Waals surface area contributed by atoms with Crippen LogP contribution in [-0.2, 0) is 11.3 Å². The summed E-state index contributed by atoms with van der Waals surface area (Å²) in [5.74, 6) is 1.41. The Hall–Kier alpha value is -2.64. The third-order valence-electron chi connectivity index (χ3n) is 4.66. The van der Waals surface area contributed by atoms with Crippen LogP contribution in [0.1, 0.15) is 24.6 Å². The first-order chi connectivity index (χ1) is 11.8. The van der Waals surface area contributed by atoms with Gasteiger partial charge in [-0.2, -0.15) is 5.10 Å². The molecule has 0 N–H and O–H groups in total. The quantitative estimate of drug-likeness (QED) is 0.832. The first-order valence-corrected chi connectivity index (χ1v) is 8.18. The number of fused-ring (bicyclic) bond motifs is 1. The highest BCUT2D eigenvalue weighted by atomic mass is 16.5. The normalized spacial score (nSPS) is 20.1. The number of carbonyl (C=O) groups excluding carboxylic acids is 1. The Balaban J connectivity index is 1.64. The van der Waals surface area contributed by atoms with E-state index in [1.54, 1.807) is 19.4 Å². The van der Waals surface area contributed by atoms with Gasteiger partial charge in [-0.05, 0) is 18.9 Å². The monoisotopic (exact) mass is 328 g/mol. The first kappa shape index (κ1) is 14.9. The van der Waals surface area contributed by atoms with Crippen LogP contribution < -0.4 is 9.64 Å². The maximum atomic E-state index is 12.9. The SMILES string of the molecule is COc1cc(N2Cc3ccnn3[C@@H](C(=O)N3CCCC3)C2)ncn1. The Labute approximate surface area is 140 Å². The summed E-state index contributed by atoms with van der Waals surface area (Å²) in [4.78, 5) is 25.4. The van der Waals surface area contributed by atoms with Gasteiger partial charge in [-0.25, -0.2) is 9.97 Å². The van der Waals surface area contributed by atoms with Crippen molar-refractivity contribution in [3.8, 4) is 5.88 Å². The minimum atomic E-state index is -0.317. The molecule has 1 atom stereocenters. The fourth-order valence-electron chi connectivity index (χ4n) is 3.41. The van der Waals surface area contributed by atoms with E-state index in [1.807, 2.05) is 15.6 Å². The van der Waals surface area contributed by atoms with Gasteiger partial charge in [0.25, 0.3) is 0 Å². The molecule has 2 aliphatic heterocycles. The number of amides is 1. The number of nitrogens with zero attached hydrogens (tertiary/aromatic N) is 6. The molecule has 1 fully saturated rings. The van der Waals surface area contributed by atoms with Crippen LogP contribution in [0.5, 0.6) is 5.88 Å². The Kier molecular flexibility index (Phi) is 3.79. The fraction of sp³-hybridized carbons (Fsp3) is 0.500. The second-order valence-electron chi connectivity index (χ2n) is 6.11. The fourth-order valence-corrected chi connectivity index (χ4v) is 3.41. The molecular formula is C16H20N6O2.